The van der Waals surface area contributed by atoms with Crippen molar-refractivity contribution in [1.82, 2.24) is 4.98 Å². The number of aryl methyl sites for hydroxylation is 1. The van der Waals surface area contributed by atoms with Crippen molar-refractivity contribution < 1.29 is 22.7 Å². The highest BCUT2D eigenvalue weighted by Crippen LogP contribution is 2.29. The minimum atomic E-state index is -3.31. The number of benzene rings is 1. The summed E-state index contributed by atoms with van der Waals surface area (Å²) >= 11 is 0. The molecule has 5 nitrogen and oxygen atoms in total. The maximum Gasteiger partial charge on any atom is 0.336 e. The molecule has 0 aliphatic carbocycles. The van der Waals surface area contributed by atoms with E-state index in [9.17, 15) is 22.7 Å². The van der Waals surface area contributed by atoms with Crippen molar-refractivity contribution in [3.8, 4) is 0 Å². The Morgan fingerprint density at radius 1 is 1.35 bits per heavy atom. The number of fused-ring (bicyclic) bond motifs is 2. The van der Waals surface area contributed by atoms with Gasteiger partial charge in [-0.15, -0.1) is 0 Å². The van der Waals surface area contributed by atoms with Crippen LogP contribution in [0.1, 0.15) is 21.6 Å². The normalized spacial score (nSPS) is 16.9. The van der Waals surface area contributed by atoms with Gasteiger partial charge < -0.3 is 5.11 Å². The Morgan fingerprint density at radius 2 is 2.10 bits per heavy atom. The Labute approximate surface area is 114 Å². The standard InChI is InChI=1S/C13H10FNO4S/c14-7-1-2-8-11(5-7)15-10-3-4-20(18,19)6-9(10)12(8)13(16)17/h1-2,5H,3-4,6H2,(H,16,17). The average Bonchev–Trinajstić information content (AvgIpc) is 2.35. The second kappa shape index (κ2) is 4.24. The van der Waals surface area contributed by atoms with Gasteiger partial charge in [0.2, 0.25) is 0 Å². The number of hydrogen-bond acceptors (Lipinski definition) is 4. The van der Waals surface area contributed by atoms with Crippen LogP contribution >= 0.6 is 0 Å². The van der Waals surface area contributed by atoms with Gasteiger partial charge in [-0.2, -0.15) is 0 Å². The molecule has 1 N–H and O–H groups in total. The molecule has 2 aromatic rings. The van der Waals surface area contributed by atoms with Gasteiger partial charge in [0.15, 0.2) is 9.84 Å². The van der Waals surface area contributed by atoms with Gasteiger partial charge in [0, 0.05) is 29.1 Å². The highest BCUT2D eigenvalue weighted by molar-refractivity contribution is 7.90. The Bertz CT molecular complexity index is 845. The lowest BCUT2D eigenvalue weighted by Crippen LogP contribution is -2.23. The van der Waals surface area contributed by atoms with E-state index in [4.69, 9.17) is 0 Å². The first kappa shape index (κ1) is 13.0. The number of carbonyl (C=O) groups is 1. The van der Waals surface area contributed by atoms with Crippen LogP contribution in [0.25, 0.3) is 10.9 Å². The molecule has 0 bridgehead atoms. The smallest absolute Gasteiger partial charge is 0.336 e. The third-order valence-corrected chi connectivity index (χ3v) is 4.92. The predicted molar refractivity (Wildman–Crippen MR) is 69.9 cm³/mol. The van der Waals surface area contributed by atoms with Crippen molar-refractivity contribution >= 4 is 26.7 Å². The first-order chi connectivity index (χ1) is 9.37. The third-order valence-electron chi connectivity index (χ3n) is 3.36. The third kappa shape index (κ3) is 2.03. The Balaban J connectivity index is 2.41. The largest absolute Gasteiger partial charge is 0.478 e. The van der Waals surface area contributed by atoms with E-state index in [1.54, 1.807) is 0 Å². The average molecular weight is 295 g/mol. The van der Waals surface area contributed by atoms with Gasteiger partial charge in [0.1, 0.15) is 5.82 Å². The second-order valence-electron chi connectivity index (χ2n) is 4.72. The van der Waals surface area contributed by atoms with Crippen molar-refractivity contribution in [3.63, 3.8) is 0 Å². The summed E-state index contributed by atoms with van der Waals surface area (Å²) in [6.45, 7) is 0. The number of hydrogen-bond donors (Lipinski definition) is 1. The molecule has 0 spiro atoms. The topological polar surface area (TPSA) is 84.3 Å². The maximum absolute atomic E-state index is 13.2. The minimum Gasteiger partial charge on any atom is -0.478 e. The lowest BCUT2D eigenvalue weighted by Gasteiger charge is -2.19. The zero-order valence-corrected chi connectivity index (χ0v) is 11.1. The maximum atomic E-state index is 13.2. The van der Waals surface area contributed by atoms with Gasteiger partial charge in [0.05, 0.1) is 22.6 Å². The fourth-order valence-electron chi connectivity index (χ4n) is 2.48. The Kier molecular flexibility index (Phi) is 2.75. The fourth-order valence-corrected chi connectivity index (χ4v) is 3.88. The van der Waals surface area contributed by atoms with Crippen LogP contribution in [0.15, 0.2) is 18.2 Å². The molecule has 0 fully saturated rings. The zero-order valence-electron chi connectivity index (χ0n) is 10.3. The summed E-state index contributed by atoms with van der Waals surface area (Å²) in [7, 11) is -3.31. The molecule has 0 unspecified atom stereocenters. The van der Waals surface area contributed by atoms with Gasteiger partial charge >= 0.3 is 5.97 Å². The molecule has 2 heterocycles. The number of nitrogens with zero attached hydrogens (tertiary/aromatic N) is 1. The van der Waals surface area contributed by atoms with Gasteiger partial charge in [-0.25, -0.2) is 17.6 Å². The van der Waals surface area contributed by atoms with Crippen molar-refractivity contribution in [3.05, 3.63) is 40.8 Å². The van der Waals surface area contributed by atoms with E-state index in [-0.39, 0.29) is 40.0 Å². The molecule has 0 saturated carbocycles. The first-order valence-corrected chi connectivity index (χ1v) is 7.74. The summed E-state index contributed by atoms with van der Waals surface area (Å²) in [4.78, 5) is 15.7. The molecular weight excluding hydrogens is 285 g/mol. The molecule has 3 rings (SSSR count). The molecule has 7 heteroatoms. The highest BCUT2D eigenvalue weighted by atomic mass is 32.2. The summed E-state index contributed by atoms with van der Waals surface area (Å²) < 4.78 is 36.6. The number of aromatic nitrogens is 1. The molecule has 0 radical (unpaired) electrons. The molecule has 1 aromatic heterocycles. The summed E-state index contributed by atoms with van der Waals surface area (Å²) in [5.74, 6) is -2.13. The van der Waals surface area contributed by atoms with Crippen molar-refractivity contribution in [2.24, 2.45) is 0 Å². The quantitative estimate of drug-likeness (QED) is 0.862. The van der Waals surface area contributed by atoms with E-state index in [2.05, 4.69) is 4.98 Å². The van der Waals surface area contributed by atoms with Crippen LogP contribution in [0.3, 0.4) is 0 Å². The van der Waals surface area contributed by atoms with E-state index in [1.807, 2.05) is 0 Å². The van der Waals surface area contributed by atoms with E-state index in [0.29, 0.717) is 5.69 Å². The molecule has 0 atom stereocenters. The molecule has 1 aliphatic heterocycles. The Hall–Kier alpha value is -2.02. The summed E-state index contributed by atoms with van der Waals surface area (Å²) in [6.07, 6.45) is 0.157. The van der Waals surface area contributed by atoms with E-state index in [0.717, 1.165) is 12.1 Å². The number of rotatable bonds is 1. The van der Waals surface area contributed by atoms with E-state index >= 15 is 0 Å². The van der Waals surface area contributed by atoms with Crippen LogP contribution in [0, 0.1) is 5.82 Å². The fraction of sp³-hybridized carbons (Fsp3) is 0.231. The van der Waals surface area contributed by atoms with Crippen LogP contribution in [0.5, 0.6) is 0 Å². The molecule has 0 amide bonds. The van der Waals surface area contributed by atoms with Gasteiger partial charge in [-0.05, 0) is 12.1 Å². The van der Waals surface area contributed by atoms with E-state index in [1.165, 1.54) is 6.07 Å². The number of halogens is 1. The van der Waals surface area contributed by atoms with Crippen LogP contribution in [-0.4, -0.2) is 30.2 Å². The van der Waals surface area contributed by atoms with Crippen molar-refractivity contribution in [2.45, 2.75) is 12.2 Å². The molecule has 1 aliphatic rings. The summed E-state index contributed by atoms with van der Waals surface area (Å²) in [5, 5.41) is 9.62. The second-order valence-corrected chi connectivity index (χ2v) is 6.90. The zero-order chi connectivity index (χ0) is 14.5. The van der Waals surface area contributed by atoms with Crippen LogP contribution < -0.4 is 0 Å². The summed E-state index contributed by atoms with van der Waals surface area (Å²) in [5.41, 5.74) is 0.798. The van der Waals surface area contributed by atoms with E-state index < -0.39 is 21.6 Å². The number of sulfone groups is 1. The van der Waals surface area contributed by atoms with Crippen molar-refractivity contribution in [2.75, 3.05) is 5.75 Å². The molecule has 20 heavy (non-hydrogen) atoms. The minimum absolute atomic E-state index is 0.0626. The molecule has 0 saturated heterocycles. The van der Waals surface area contributed by atoms with Gasteiger partial charge in [0.25, 0.3) is 0 Å². The predicted octanol–water partition coefficient (Wildman–Crippen LogP) is 1.54. The van der Waals surface area contributed by atoms with Crippen LogP contribution in [0.2, 0.25) is 0 Å². The SMILES string of the molecule is O=C(O)c1c2c(nc3cc(F)ccc13)CCS(=O)(=O)C2. The lowest BCUT2D eigenvalue weighted by molar-refractivity contribution is 0.0698. The lowest BCUT2D eigenvalue weighted by atomic mass is 10.00. The molecule has 104 valence electrons. The summed E-state index contributed by atoms with van der Waals surface area (Å²) in [6, 6.07) is 3.62. The van der Waals surface area contributed by atoms with Gasteiger partial charge in [-0.1, -0.05) is 0 Å². The highest BCUT2D eigenvalue weighted by Gasteiger charge is 2.28. The Morgan fingerprint density at radius 3 is 2.80 bits per heavy atom. The monoisotopic (exact) mass is 295 g/mol. The first-order valence-electron chi connectivity index (χ1n) is 5.92. The van der Waals surface area contributed by atoms with Crippen LogP contribution in [-0.2, 0) is 22.0 Å². The number of pyridine rings is 1. The van der Waals surface area contributed by atoms with Gasteiger partial charge in [-0.3, -0.25) is 4.98 Å². The number of carboxylic acids is 1. The molecule has 1 aromatic carbocycles. The number of aromatic carboxylic acids is 1. The number of carboxylic acid groups (broad SMARTS) is 1. The van der Waals surface area contributed by atoms with Crippen LogP contribution in [0.4, 0.5) is 4.39 Å². The van der Waals surface area contributed by atoms with Crippen molar-refractivity contribution in [1.29, 1.82) is 0 Å². The molecular formula is C13H10FNO4S.